The van der Waals surface area contributed by atoms with Crippen LogP contribution in [0.5, 0.6) is 0 Å². The SMILES string of the molecule is O=c1ccn([C@H]2C=C(Br)[C@@H](CO)O2)c(=O)[nH]1. The molecule has 0 radical (unpaired) electrons. The summed E-state index contributed by atoms with van der Waals surface area (Å²) in [7, 11) is 0. The van der Waals surface area contributed by atoms with Crippen molar-refractivity contribution < 1.29 is 9.84 Å². The monoisotopic (exact) mass is 288 g/mol. The minimum atomic E-state index is -0.615. The van der Waals surface area contributed by atoms with Crippen molar-refractivity contribution in [1.82, 2.24) is 9.55 Å². The summed E-state index contributed by atoms with van der Waals surface area (Å²) in [6.45, 7) is -0.175. The van der Waals surface area contributed by atoms with Crippen LogP contribution in [0.3, 0.4) is 0 Å². The van der Waals surface area contributed by atoms with Crippen molar-refractivity contribution in [2.24, 2.45) is 0 Å². The van der Waals surface area contributed by atoms with Gasteiger partial charge in [-0.25, -0.2) is 4.79 Å². The fraction of sp³-hybridized carbons (Fsp3) is 0.333. The Hall–Kier alpha value is -1.18. The molecule has 1 aliphatic heterocycles. The Balaban J connectivity index is 2.34. The normalized spacial score (nSPS) is 24.5. The standard InChI is InChI=1S/C9H9BrN2O4/c10-5-3-8(16-6(5)4-13)12-2-1-7(14)11-9(12)15/h1-3,6,8,13H,4H2,(H,11,14,15)/t6-,8-/m1/s1. The van der Waals surface area contributed by atoms with E-state index in [9.17, 15) is 9.59 Å². The number of aromatic nitrogens is 2. The molecule has 2 N–H and O–H groups in total. The van der Waals surface area contributed by atoms with E-state index >= 15 is 0 Å². The van der Waals surface area contributed by atoms with Crippen molar-refractivity contribution in [2.75, 3.05) is 6.61 Å². The minimum Gasteiger partial charge on any atom is -0.393 e. The van der Waals surface area contributed by atoms with Crippen molar-refractivity contribution in [3.05, 3.63) is 43.7 Å². The number of halogens is 1. The number of nitrogens with one attached hydrogen (secondary N) is 1. The van der Waals surface area contributed by atoms with Gasteiger partial charge in [0.05, 0.1) is 6.61 Å². The molecule has 6 nitrogen and oxygen atoms in total. The van der Waals surface area contributed by atoms with Crippen LogP contribution in [0, 0.1) is 0 Å². The van der Waals surface area contributed by atoms with Crippen molar-refractivity contribution >= 4 is 15.9 Å². The quantitative estimate of drug-likeness (QED) is 0.783. The summed E-state index contributed by atoms with van der Waals surface area (Å²) in [5.74, 6) is 0. The molecule has 7 heteroatoms. The lowest BCUT2D eigenvalue weighted by Crippen LogP contribution is -2.31. The van der Waals surface area contributed by atoms with Crippen LogP contribution in [0.4, 0.5) is 0 Å². The van der Waals surface area contributed by atoms with Crippen LogP contribution < -0.4 is 11.2 Å². The molecular weight excluding hydrogens is 280 g/mol. The van der Waals surface area contributed by atoms with Crippen LogP contribution in [-0.4, -0.2) is 27.4 Å². The summed E-state index contributed by atoms with van der Waals surface area (Å²) in [5, 5.41) is 8.97. The zero-order valence-electron chi connectivity index (χ0n) is 8.09. The second kappa shape index (κ2) is 4.36. The molecule has 1 aromatic rings. The van der Waals surface area contributed by atoms with Crippen molar-refractivity contribution in [3.8, 4) is 0 Å². The zero-order valence-corrected chi connectivity index (χ0v) is 9.68. The van der Waals surface area contributed by atoms with Crippen LogP contribution in [0.2, 0.25) is 0 Å². The Morgan fingerprint density at radius 2 is 2.31 bits per heavy atom. The largest absolute Gasteiger partial charge is 0.393 e. The fourth-order valence-corrected chi connectivity index (χ4v) is 1.90. The molecule has 0 amide bonds. The van der Waals surface area contributed by atoms with Gasteiger partial charge in [0.1, 0.15) is 6.10 Å². The first-order chi connectivity index (χ1) is 7.61. The maximum Gasteiger partial charge on any atom is 0.330 e. The maximum absolute atomic E-state index is 11.4. The first-order valence-corrected chi connectivity index (χ1v) is 5.36. The third-order valence-corrected chi connectivity index (χ3v) is 2.98. The molecule has 2 atom stereocenters. The summed E-state index contributed by atoms with van der Waals surface area (Å²) in [6.07, 6.45) is 1.92. The van der Waals surface area contributed by atoms with E-state index in [4.69, 9.17) is 9.84 Å². The Labute approximate surface area is 98.3 Å². The van der Waals surface area contributed by atoms with Gasteiger partial charge in [-0.05, 0) is 6.08 Å². The average molecular weight is 289 g/mol. The average Bonchev–Trinajstić information content (AvgIpc) is 2.59. The predicted molar refractivity (Wildman–Crippen MR) is 59.3 cm³/mol. The molecule has 0 unspecified atom stereocenters. The molecule has 0 bridgehead atoms. The number of ether oxygens (including phenoxy) is 1. The molecule has 0 aromatic carbocycles. The highest BCUT2D eigenvalue weighted by Crippen LogP contribution is 2.29. The lowest BCUT2D eigenvalue weighted by atomic mass is 10.4. The van der Waals surface area contributed by atoms with Crippen LogP contribution in [0.25, 0.3) is 0 Å². The van der Waals surface area contributed by atoms with Gasteiger partial charge in [0.15, 0.2) is 6.23 Å². The van der Waals surface area contributed by atoms with Crippen molar-refractivity contribution in [1.29, 1.82) is 0 Å². The molecular formula is C9H9BrN2O4. The molecule has 2 rings (SSSR count). The third kappa shape index (κ3) is 2.01. The van der Waals surface area contributed by atoms with E-state index in [1.54, 1.807) is 6.08 Å². The van der Waals surface area contributed by atoms with E-state index in [2.05, 4.69) is 20.9 Å². The lowest BCUT2D eigenvalue weighted by molar-refractivity contribution is -0.0112. The van der Waals surface area contributed by atoms with Crippen LogP contribution in [-0.2, 0) is 4.74 Å². The van der Waals surface area contributed by atoms with E-state index in [-0.39, 0.29) is 6.61 Å². The number of hydrogen-bond acceptors (Lipinski definition) is 4. The minimum absolute atomic E-state index is 0.175. The van der Waals surface area contributed by atoms with Gasteiger partial charge in [-0.1, -0.05) is 15.9 Å². The smallest absolute Gasteiger partial charge is 0.330 e. The second-order valence-corrected chi connectivity index (χ2v) is 4.18. The molecule has 1 aromatic heterocycles. The molecule has 0 fully saturated rings. The number of aliphatic hydroxyl groups is 1. The van der Waals surface area contributed by atoms with Crippen LogP contribution >= 0.6 is 15.9 Å². The van der Waals surface area contributed by atoms with Gasteiger partial charge in [0, 0.05) is 16.7 Å². The van der Waals surface area contributed by atoms with Gasteiger partial charge >= 0.3 is 5.69 Å². The van der Waals surface area contributed by atoms with Gasteiger partial charge in [-0.2, -0.15) is 0 Å². The number of hydrogen-bond donors (Lipinski definition) is 2. The zero-order chi connectivity index (χ0) is 11.7. The number of nitrogens with zero attached hydrogens (tertiary/aromatic N) is 1. The van der Waals surface area contributed by atoms with E-state index in [1.807, 2.05) is 0 Å². The van der Waals surface area contributed by atoms with Crippen LogP contribution in [0.15, 0.2) is 32.4 Å². The Morgan fingerprint density at radius 3 is 2.88 bits per heavy atom. The summed E-state index contributed by atoms with van der Waals surface area (Å²) in [5.41, 5.74) is -1.01. The van der Waals surface area contributed by atoms with Gasteiger partial charge in [0.25, 0.3) is 5.56 Å². The molecule has 0 spiro atoms. The first kappa shape index (κ1) is 11.3. The Kier molecular flexibility index (Phi) is 3.08. The van der Waals surface area contributed by atoms with Crippen LogP contribution in [0.1, 0.15) is 6.23 Å². The molecule has 16 heavy (non-hydrogen) atoms. The number of aliphatic hydroxyl groups excluding tert-OH is 1. The highest BCUT2D eigenvalue weighted by molar-refractivity contribution is 9.11. The number of rotatable bonds is 2. The molecule has 1 aliphatic rings. The summed E-state index contributed by atoms with van der Waals surface area (Å²) in [6, 6.07) is 1.23. The van der Waals surface area contributed by atoms with Crippen molar-refractivity contribution in [3.63, 3.8) is 0 Å². The highest BCUT2D eigenvalue weighted by atomic mass is 79.9. The topological polar surface area (TPSA) is 84.3 Å². The molecule has 0 saturated carbocycles. The summed E-state index contributed by atoms with van der Waals surface area (Å²) < 4.78 is 7.29. The van der Waals surface area contributed by atoms with E-state index in [1.165, 1.54) is 16.8 Å². The summed E-state index contributed by atoms with van der Waals surface area (Å²) in [4.78, 5) is 24.4. The van der Waals surface area contributed by atoms with Gasteiger partial charge < -0.3 is 9.84 Å². The predicted octanol–water partition coefficient (Wildman–Crippen LogP) is -0.295. The van der Waals surface area contributed by atoms with E-state index in [0.717, 1.165) is 0 Å². The molecule has 2 heterocycles. The number of H-pyrrole nitrogens is 1. The fourth-order valence-electron chi connectivity index (χ4n) is 1.42. The van der Waals surface area contributed by atoms with Gasteiger partial charge in [-0.15, -0.1) is 0 Å². The molecule has 0 saturated heterocycles. The van der Waals surface area contributed by atoms with E-state index in [0.29, 0.717) is 4.48 Å². The highest BCUT2D eigenvalue weighted by Gasteiger charge is 2.26. The molecule has 0 aliphatic carbocycles. The van der Waals surface area contributed by atoms with Gasteiger partial charge in [-0.3, -0.25) is 14.3 Å². The van der Waals surface area contributed by atoms with Crippen molar-refractivity contribution in [2.45, 2.75) is 12.3 Å². The lowest BCUT2D eigenvalue weighted by Gasteiger charge is -2.14. The Bertz CT molecular complexity index is 533. The second-order valence-electron chi connectivity index (χ2n) is 3.27. The summed E-state index contributed by atoms with van der Waals surface area (Å²) >= 11 is 3.23. The third-order valence-electron chi connectivity index (χ3n) is 2.20. The first-order valence-electron chi connectivity index (χ1n) is 4.57. The Morgan fingerprint density at radius 1 is 1.56 bits per heavy atom. The number of aromatic amines is 1. The van der Waals surface area contributed by atoms with Gasteiger partial charge in [0.2, 0.25) is 0 Å². The molecule has 86 valence electrons. The maximum atomic E-state index is 11.4. The van der Waals surface area contributed by atoms with E-state index < -0.39 is 23.6 Å².